The second-order valence-electron chi connectivity index (χ2n) is 4.17. The Hall–Kier alpha value is -2.55. The molecule has 0 aliphatic rings. The van der Waals surface area contributed by atoms with Crippen LogP contribution >= 0.6 is 0 Å². The van der Waals surface area contributed by atoms with Crippen molar-refractivity contribution in [2.24, 2.45) is 0 Å². The van der Waals surface area contributed by atoms with Gasteiger partial charge < -0.3 is 10.1 Å². The zero-order valence-corrected chi connectivity index (χ0v) is 11.4. The Balaban J connectivity index is 1.94. The lowest BCUT2D eigenvalue weighted by atomic mass is 10.1. The van der Waals surface area contributed by atoms with E-state index >= 15 is 0 Å². The number of hydrogen-bond acceptors (Lipinski definition) is 3. The van der Waals surface area contributed by atoms with Crippen LogP contribution in [0.3, 0.4) is 0 Å². The van der Waals surface area contributed by atoms with Gasteiger partial charge in [0.1, 0.15) is 5.75 Å². The van der Waals surface area contributed by atoms with Crippen molar-refractivity contribution in [3.8, 4) is 5.75 Å². The minimum absolute atomic E-state index is 0.0449. The maximum atomic E-state index is 11.9. The summed E-state index contributed by atoms with van der Waals surface area (Å²) in [5.74, 6) is 0.729. The van der Waals surface area contributed by atoms with Crippen molar-refractivity contribution in [1.29, 1.82) is 0 Å². The molecule has 0 spiro atoms. The first-order chi connectivity index (χ1) is 9.79. The van der Waals surface area contributed by atoms with E-state index in [0.29, 0.717) is 12.2 Å². The Morgan fingerprint density at radius 3 is 2.45 bits per heavy atom. The molecule has 2 aromatic rings. The normalized spacial score (nSPS) is 10.4. The number of nitrogens with one attached hydrogen (secondary N) is 1. The topological polar surface area (TPSA) is 38.3 Å². The van der Waals surface area contributed by atoms with Gasteiger partial charge in [0.15, 0.2) is 5.78 Å². The first-order valence-corrected chi connectivity index (χ1v) is 6.55. The van der Waals surface area contributed by atoms with Crippen LogP contribution in [0.2, 0.25) is 0 Å². The van der Waals surface area contributed by atoms with Gasteiger partial charge in [-0.15, -0.1) is 0 Å². The molecule has 0 aliphatic heterocycles. The van der Waals surface area contributed by atoms with Crippen LogP contribution in [0.15, 0.2) is 66.9 Å². The Morgan fingerprint density at radius 2 is 1.80 bits per heavy atom. The number of carbonyl (C=O) groups is 1. The molecule has 3 heteroatoms. The third-order valence-electron chi connectivity index (χ3n) is 2.71. The maximum absolute atomic E-state index is 11.9. The molecule has 0 unspecified atom stereocenters. The molecule has 0 radical (unpaired) electrons. The van der Waals surface area contributed by atoms with Gasteiger partial charge in [-0.3, -0.25) is 4.79 Å². The van der Waals surface area contributed by atoms with Gasteiger partial charge in [0, 0.05) is 23.5 Å². The summed E-state index contributed by atoms with van der Waals surface area (Å²) in [5.41, 5.74) is 1.59. The van der Waals surface area contributed by atoms with Crippen LogP contribution in [0.25, 0.3) is 0 Å². The van der Waals surface area contributed by atoms with Crippen LogP contribution in [-0.2, 0) is 0 Å². The van der Waals surface area contributed by atoms with Crippen molar-refractivity contribution < 1.29 is 9.53 Å². The Morgan fingerprint density at radius 1 is 1.10 bits per heavy atom. The Kier molecular flexibility index (Phi) is 4.95. The summed E-state index contributed by atoms with van der Waals surface area (Å²) in [6.45, 7) is 2.55. The summed E-state index contributed by atoms with van der Waals surface area (Å²) >= 11 is 0. The van der Waals surface area contributed by atoms with E-state index in [4.69, 9.17) is 4.74 Å². The fraction of sp³-hybridized carbons (Fsp3) is 0.118. The quantitative estimate of drug-likeness (QED) is 0.637. The molecule has 102 valence electrons. The predicted molar refractivity (Wildman–Crippen MR) is 81.1 cm³/mol. The molecule has 0 bridgehead atoms. The van der Waals surface area contributed by atoms with E-state index in [1.165, 1.54) is 6.08 Å². The molecule has 0 amide bonds. The molecule has 0 fully saturated rings. The number of hydrogen-bond donors (Lipinski definition) is 1. The van der Waals surface area contributed by atoms with Crippen LogP contribution in [0, 0.1) is 0 Å². The molecular formula is C17H17NO2. The molecule has 0 aliphatic carbocycles. The third kappa shape index (κ3) is 3.99. The van der Waals surface area contributed by atoms with Gasteiger partial charge in [-0.05, 0) is 43.3 Å². The highest BCUT2D eigenvalue weighted by Crippen LogP contribution is 2.13. The number of rotatable bonds is 6. The maximum Gasteiger partial charge on any atom is 0.187 e. The van der Waals surface area contributed by atoms with Crippen molar-refractivity contribution in [3.05, 3.63) is 72.4 Å². The monoisotopic (exact) mass is 267 g/mol. The highest BCUT2D eigenvalue weighted by Gasteiger charge is 2.01. The van der Waals surface area contributed by atoms with Crippen molar-refractivity contribution in [3.63, 3.8) is 0 Å². The van der Waals surface area contributed by atoms with E-state index in [2.05, 4.69) is 5.32 Å². The smallest absolute Gasteiger partial charge is 0.187 e. The average Bonchev–Trinajstić information content (AvgIpc) is 2.49. The molecule has 20 heavy (non-hydrogen) atoms. The summed E-state index contributed by atoms with van der Waals surface area (Å²) in [4.78, 5) is 11.9. The SMILES string of the molecule is CCOc1ccc(C(=O)/C=C/Nc2ccccc2)cc1. The van der Waals surface area contributed by atoms with Crippen molar-refractivity contribution in [1.82, 2.24) is 0 Å². The minimum atomic E-state index is -0.0449. The van der Waals surface area contributed by atoms with Crippen molar-refractivity contribution in [2.75, 3.05) is 11.9 Å². The molecule has 0 aromatic heterocycles. The van der Waals surface area contributed by atoms with E-state index in [1.54, 1.807) is 30.5 Å². The highest BCUT2D eigenvalue weighted by molar-refractivity contribution is 6.04. The largest absolute Gasteiger partial charge is 0.494 e. The Labute approximate surface area is 118 Å². The van der Waals surface area contributed by atoms with Gasteiger partial charge in [-0.25, -0.2) is 0 Å². The van der Waals surface area contributed by atoms with Gasteiger partial charge >= 0.3 is 0 Å². The first-order valence-electron chi connectivity index (χ1n) is 6.55. The molecule has 3 nitrogen and oxygen atoms in total. The fourth-order valence-corrected chi connectivity index (χ4v) is 1.73. The summed E-state index contributed by atoms with van der Waals surface area (Å²) in [6.07, 6.45) is 3.16. The van der Waals surface area contributed by atoms with Crippen LogP contribution < -0.4 is 10.1 Å². The molecule has 0 atom stereocenters. The average molecular weight is 267 g/mol. The number of ether oxygens (including phenoxy) is 1. The zero-order chi connectivity index (χ0) is 14.2. The number of carbonyl (C=O) groups excluding carboxylic acids is 1. The molecule has 0 saturated heterocycles. The molecule has 1 N–H and O–H groups in total. The van der Waals surface area contributed by atoms with Crippen LogP contribution in [0.1, 0.15) is 17.3 Å². The fourth-order valence-electron chi connectivity index (χ4n) is 1.73. The number of ketones is 1. The van der Waals surface area contributed by atoms with E-state index in [0.717, 1.165) is 11.4 Å². The molecule has 0 saturated carbocycles. The standard InChI is InChI=1S/C17H17NO2/c1-2-20-16-10-8-14(9-11-16)17(19)12-13-18-15-6-4-3-5-7-15/h3-13,18H,2H2,1H3/b13-12+. The Bertz CT molecular complexity index is 574. The number of anilines is 1. The van der Waals surface area contributed by atoms with Crippen molar-refractivity contribution in [2.45, 2.75) is 6.92 Å². The molecular weight excluding hydrogens is 250 g/mol. The number of allylic oxidation sites excluding steroid dienone is 1. The van der Waals surface area contributed by atoms with Gasteiger partial charge in [-0.2, -0.15) is 0 Å². The second-order valence-corrected chi connectivity index (χ2v) is 4.17. The van der Waals surface area contributed by atoms with Crippen LogP contribution in [-0.4, -0.2) is 12.4 Å². The zero-order valence-electron chi connectivity index (χ0n) is 11.4. The summed E-state index contributed by atoms with van der Waals surface area (Å²) < 4.78 is 5.34. The van der Waals surface area contributed by atoms with E-state index in [9.17, 15) is 4.79 Å². The van der Waals surface area contributed by atoms with Crippen LogP contribution in [0.4, 0.5) is 5.69 Å². The van der Waals surface area contributed by atoms with Gasteiger partial charge in [0.2, 0.25) is 0 Å². The summed E-state index contributed by atoms with van der Waals surface area (Å²) in [5, 5.41) is 3.05. The molecule has 0 heterocycles. The summed E-state index contributed by atoms with van der Waals surface area (Å²) in [7, 11) is 0. The van der Waals surface area contributed by atoms with E-state index < -0.39 is 0 Å². The number of benzene rings is 2. The third-order valence-corrected chi connectivity index (χ3v) is 2.71. The van der Waals surface area contributed by atoms with E-state index in [-0.39, 0.29) is 5.78 Å². The highest BCUT2D eigenvalue weighted by atomic mass is 16.5. The lowest BCUT2D eigenvalue weighted by molar-refractivity contribution is 0.104. The molecule has 2 rings (SSSR count). The lowest BCUT2D eigenvalue weighted by Crippen LogP contribution is -1.97. The first kappa shape index (κ1) is 13.9. The number of para-hydroxylation sites is 1. The van der Waals surface area contributed by atoms with Gasteiger partial charge in [0.05, 0.1) is 6.61 Å². The second kappa shape index (κ2) is 7.14. The van der Waals surface area contributed by atoms with Crippen molar-refractivity contribution >= 4 is 11.5 Å². The van der Waals surface area contributed by atoms with Gasteiger partial charge in [0.25, 0.3) is 0 Å². The van der Waals surface area contributed by atoms with Gasteiger partial charge in [-0.1, -0.05) is 18.2 Å². The van der Waals surface area contributed by atoms with E-state index in [1.807, 2.05) is 37.3 Å². The minimum Gasteiger partial charge on any atom is -0.494 e. The predicted octanol–water partition coefficient (Wildman–Crippen LogP) is 3.89. The summed E-state index contributed by atoms with van der Waals surface area (Å²) in [6, 6.07) is 16.8. The molecule has 2 aromatic carbocycles. The van der Waals surface area contributed by atoms with Crippen LogP contribution in [0.5, 0.6) is 5.75 Å². The lowest BCUT2D eigenvalue weighted by Gasteiger charge is -2.03.